The Hall–Kier alpha value is -3.99. The molecular weight excluding hydrogens is 470 g/mol. The van der Waals surface area contributed by atoms with Gasteiger partial charge in [0.2, 0.25) is 5.70 Å². The molecule has 3 atom stereocenters. The number of allylic oxidation sites excluding steroid dienone is 1. The van der Waals surface area contributed by atoms with Crippen molar-refractivity contribution >= 4 is 29.7 Å². The van der Waals surface area contributed by atoms with Crippen LogP contribution in [0.4, 0.5) is 5.82 Å². The van der Waals surface area contributed by atoms with E-state index in [1.54, 1.807) is 63.1 Å². The van der Waals surface area contributed by atoms with Crippen molar-refractivity contribution in [2.24, 2.45) is 21.7 Å². The first-order valence-corrected chi connectivity index (χ1v) is 12.3. The zero-order valence-corrected chi connectivity index (χ0v) is 20.9. The molecule has 0 radical (unpaired) electrons. The molecular formula is C27H30N7O3+. The van der Waals surface area contributed by atoms with Crippen LogP contribution in [0.2, 0.25) is 0 Å². The van der Waals surface area contributed by atoms with Crippen LogP contribution >= 0.6 is 0 Å². The predicted molar refractivity (Wildman–Crippen MR) is 140 cm³/mol. The van der Waals surface area contributed by atoms with Gasteiger partial charge in [0, 0.05) is 37.9 Å². The van der Waals surface area contributed by atoms with E-state index in [1.807, 2.05) is 23.1 Å². The van der Waals surface area contributed by atoms with Gasteiger partial charge in [-0.3, -0.25) is 14.6 Å². The molecule has 1 fully saturated rings. The van der Waals surface area contributed by atoms with Gasteiger partial charge < -0.3 is 15.0 Å². The van der Waals surface area contributed by atoms with Crippen LogP contribution < -0.4 is 11.2 Å². The minimum absolute atomic E-state index is 0.0229. The Morgan fingerprint density at radius 2 is 2.03 bits per heavy atom. The molecule has 4 heterocycles. The van der Waals surface area contributed by atoms with Crippen LogP contribution in [-0.2, 0) is 9.53 Å². The second kappa shape index (κ2) is 10.2. The number of hydrogen-bond acceptors (Lipinski definition) is 7. The smallest absolute Gasteiger partial charge is 0.264 e. The van der Waals surface area contributed by atoms with E-state index in [-0.39, 0.29) is 22.3 Å². The number of quaternary nitrogens is 1. The third kappa shape index (κ3) is 4.74. The number of aromatic nitrogens is 1. The molecule has 10 nitrogen and oxygen atoms in total. The highest BCUT2D eigenvalue weighted by Crippen LogP contribution is 2.37. The number of amidine groups is 1. The second-order valence-corrected chi connectivity index (χ2v) is 9.31. The van der Waals surface area contributed by atoms with Crippen molar-refractivity contribution in [3.63, 3.8) is 0 Å². The lowest BCUT2D eigenvalue weighted by atomic mass is 9.93. The third-order valence-electron chi connectivity index (χ3n) is 6.96. The van der Waals surface area contributed by atoms with E-state index in [0.717, 1.165) is 29.8 Å². The molecule has 0 saturated carbocycles. The van der Waals surface area contributed by atoms with Crippen molar-refractivity contribution in [3.05, 3.63) is 83.6 Å². The number of likely N-dealkylation sites (tertiary alicyclic amines) is 1. The summed E-state index contributed by atoms with van der Waals surface area (Å²) in [6, 6.07) is 12.5. The summed E-state index contributed by atoms with van der Waals surface area (Å²) in [4.78, 5) is 40.8. The maximum atomic E-state index is 12.8. The third-order valence-corrected chi connectivity index (χ3v) is 6.96. The van der Waals surface area contributed by atoms with Gasteiger partial charge in [0.05, 0.1) is 18.0 Å². The quantitative estimate of drug-likeness (QED) is 0.467. The van der Waals surface area contributed by atoms with E-state index in [0.29, 0.717) is 30.3 Å². The van der Waals surface area contributed by atoms with Crippen LogP contribution in [0.5, 0.6) is 0 Å². The largest absolute Gasteiger partial charge is 0.372 e. The first-order chi connectivity index (χ1) is 17.9. The van der Waals surface area contributed by atoms with Gasteiger partial charge in [-0.1, -0.05) is 6.07 Å². The van der Waals surface area contributed by atoms with Crippen LogP contribution in [0.3, 0.4) is 0 Å². The van der Waals surface area contributed by atoms with Gasteiger partial charge in [0.1, 0.15) is 23.8 Å². The number of methoxy groups -OCH3 is 1. The van der Waals surface area contributed by atoms with Gasteiger partial charge in [-0.05, 0) is 56.2 Å². The number of piperidine rings is 1. The number of aliphatic imine (C=N–C) groups is 2. The average Bonchev–Trinajstić information content (AvgIpc) is 3.25. The van der Waals surface area contributed by atoms with Crippen molar-refractivity contribution in [2.45, 2.75) is 25.9 Å². The number of ether oxygens (including phenoxy) is 1. The zero-order valence-electron chi connectivity index (χ0n) is 20.9. The van der Waals surface area contributed by atoms with Gasteiger partial charge in [0.25, 0.3) is 17.6 Å². The van der Waals surface area contributed by atoms with E-state index < -0.39 is 6.10 Å². The summed E-state index contributed by atoms with van der Waals surface area (Å²) < 4.78 is 5.13. The van der Waals surface area contributed by atoms with E-state index >= 15 is 0 Å². The number of carbonyl (C=O) groups excluding carboxylic acids is 2. The minimum Gasteiger partial charge on any atom is -0.372 e. The fourth-order valence-electron chi connectivity index (χ4n) is 4.86. The van der Waals surface area contributed by atoms with Gasteiger partial charge in [-0.2, -0.15) is 10.8 Å². The fraction of sp³-hybridized carbons (Fsp3) is 0.296. The molecule has 3 aliphatic rings. The van der Waals surface area contributed by atoms with E-state index in [4.69, 9.17) is 15.6 Å². The molecule has 10 heteroatoms. The lowest BCUT2D eigenvalue weighted by Gasteiger charge is -2.34. The van der Waals surface area contributed by atoms with Crippen molar-refractivity contribution in [2.75, 3.05) is 25.5 Å². The summed E-state index contributed by atoms with van der Waals surface area (Å²) in [6.45, 7) is 3.01. The van der Waals surface area contributed by atoms with Crippen LogP contribution in [0, 0.1) is 5.92 Å². The normalized spacial score (nSPS) is 23.5. The lowest BCUT2D eigenvalue weighted by molar-refractivity contribution is -0.750. The van der Waals surface area contributed by atoms with Crippen LogP contribution in [0.25, 0.3) is 0 Å². The number of carbonyl (C=O) groups is 2. The van der Waals surface area contributed by atoms with Crippen molar-refractivity contribution in [3.8, 4) is 0 Å². The molecule has 1 aromatic heterocycles. The molecule has 3 aliphatic heterocycles. The number of benzene rings is 1. The van der Waals surface area contributed by atoms with Crippen molar-refractivity contribution in [1.82, 2.24) is 9.88 Å². The summed E-state index contributed by atoms with van der Waals surface area (Å²) in [5.41, 5.74) is 2.91. The molecule has 1 unspecified atom stereocenters. The van der Waals surface area contributed by atoms with Crippen molar-refractivity contribution in [1.29, 1.82) is 0 Å². The average molecular weight is 501 g/mol. The number of hydrogen-bond donors (Lipinski definition) is 2. The Morgan fingerprint density at radius 1 is 1.22 bits per heavy atom. The van der Waals surface area contributed by atoms with Gasteiger partial charge in [-0.25, -0.2) is 4.98 Å². The van der Waals surface area contributed by atoms with Gasteiger partial charge in [-0.15, -0.1) is 4.59 Å². The number of anilines is 1. The maximum absolute atomic E-state index is 12.8. The van der Waals surface area contributed by atoms with E-state index in [1.165, 1.54) is 0 Å². The summed E-state index contributed by atoms with van der Waals surface area (Å²) in [5, 5.41) is 2.79. The summed E-state index contributed by atoms with van der Waals surface area (Å²) in [5.74, 6) is 7.76. The van der Waals surface area contributed by atoms with E-state index in [9.17, 15) is 9.59 Å². The van der Waals surface area contributed by atoms with Crippen LogP contribution in [0.1, 0.15) is 35.7 Å². The molecule has 0 spiro atoms. The molecule has 190 valence electrons. The molecule has 1 saturated heterocycles. The number of pyridine rings is 1. The number of nitrogens with zero attached hydrogens (tertiary/aromatic N) is 5. The number of amides is 2. The molecule has 37 heavy (non-hydrogen) atoms. The van der Waals surface area contributed by atoms with Crippen LogP contribution in [0.15, 0.2) is 82.4 Å². The number of rotatable bonds is 6. The summed E-state index contributed by atoms with van der Waals surface area (Å²) >= 11 is 0. The first kappa shape index (κ1) is 24.7. The van der Waals surface area contributed by atoms with E-state index in [2.05, 4.69) is 15.3 Å². The molecule has 3 N–H and O–H groups in total. The molecule has 5 rings (SSSR count). The molecule has 1 aromatic carbocycles. The summed E-state index contributed by atoms with van der Waals surface area (Å²) in [6.07, 6.45) is 8.10. The second-order valence-electron chi connectivity index (χ2n) is 9.31. The highest BCUT2D eigenvalue weighted by atomic mass is 16.5. The Morgan fingerprint density at radius 3 is 2.76 bits per heavy atom. The Labute approximate surface area is 215 Å². The minimum atomic E-state index is -0.490. The molecule has 0 aliphatic carbocycles. The highest BCUT2D eigenvalue weighted by molar-refractivity contribution is 6.05. The number of nitrogens with one attached hydrogen (secondary N) is 1. The van der Waals surface area contributed by atoms with Gasteiger partial charge >= 0.3 is 0 Å². The topological polar surface area (TPSA) is 122 Å². The number of fused-ring (bicyclic) bond motifs is 1. The molecule has 2 aromatic rings. The predicted octanol–water partition coefficient (Wildman–Crippen LogP) is 2.83. The van der Waals surface area contributed by atoms with Crippen molar-refractivity contribution < 1.29 is 18.9 Å². The fourth-order valence-corrected chi connectivity index (χ4v) is 4.86. The van der Waals surface area contributed by atoms with Gasteiger partial charge in [0.15, 0.2) is 0 Å². The Kier molecular flexibility index (Phi) is 6.79. The zero-order chi connectivity index (χ0) is 26.0. The molecule has 0 bridgehead atoms. The number of nitrogens with two attached hydrogens (primary N) is 1. The lowest BCUT2D eigenvalue weighted by Crippen LogP contribution is -2.53. The summed E-state index contributed by atoms with van der Waals surface area (Å²) in [7, 11) is 1.54. The SMILES string of the molecule is CO[C@@H](C)C(=O)N1CCC[C@@H](C2=C3C=NC=C[N+]3(N)C(c3ccc(C(=O)Nc4ccccn4)cc3)=N2)C1. The highest BCUT2D eigenvalue weighted by Gasteiger charge is 2.46. The Balaban J connectivity index is 1.40. The molecule has 2 amide bonds. The standard InChI is InChI=1S/C27H29N7O3/c1-18(37-2)27(36)33-14-5-6-21(17-33)24-22-16-29-13-15-34(22,28)25(32-24)19-8-10-20(11-9-19)26(35)31-23-7-3-4-12-30-23/h3-4,7-13,15-16,18,21H,5-6,14,17,28H2,1-2H3/p+1/t18-,21+,34?/m0/s1. The van der Waals surface area contributed by atoms with Crippen LogP contribution in [-0.4, -0.2) is 64.6 Å². The maximum Gasteiger partial charge on any atom is 0.264 e. The monoisotopic (exact) mass is 500 g/mol. The Bertz CT molecular complexity index is 1320. The first-order valence-electron chi connectivity index (χ1n) is 12.3.